The maximum absolute atomic E-state index is 4.67. The molecule has 2 aliphatic rings. The summed E-state index contributed by atoms with van der Waals surface area (Å²) >= 11 is 0. The minimum Gasteiger partial charge on any atom is -0.229 e. The second kappa shape index (κ2) is 6.96. The van der Waals surface area contributed by atoms with Crippen molar-refractivity contribution in [2.75, 3.05) is 7.05 Å². The summed E-state index contributed by atoms with van der Waals surface area (Å²) in [6.07, 6.45) is 14.0. The third-order valence-corrected chi connectivity index (χ3v) is 4.57. The zero-order valence-corrected chi connectivity index (χ0v) is 11.2. The molecule has 0 bridgehead atoms. The molecule has 0 heterocycles. The molecule has 17 heavy (non-hydrogen) atoms. The van der Waals surface area contributed by atoms with Crippen molar-refractivity contribution in [3.8, 4) is 0 Å². The molecular formula is C15H26N2. The molecule has 2 aliphatic carbocycles. The smallest absolute Gasteiger partial charge is 0.0892 e. The van der Waals surface area contributed by atoms with Gasteiger partial charge in [0.15, 0.2) is 0 Å². The van der Waals surface area contributed by atoms with Gasteiger partial charge in [0.05, 0.1) is 12.1 Å². The van der Waals surface area contributed by atoms with Crippen LogP contribution in [-0.4, -0.2) is 19.1 Å². The van der Waals surface area contributed by atoms with Crippen molar-refractivity contribution in [1.82, 2.24) is 0 Å². The number of hydrogen-bond donors (Lipinski definition) is 0. The average molecular weight is 234 g/mol. The molecule has 2 fully saturated rings. The summed E-state index contributed by atoms with van der Waals surface area (Å²) in [4.78, 5) is 8.62. The topological polar surface area (TPSA) is 24.7 Å². The van der Waals surface area contributed by atoms with Crippen LogP contribution in [-0.2, 0) is 0 Å². The Hall–Kier alpha value is -0.620. The van der Waals surface area contributed by atoms with Crippen LogP contribution in [0.15, 0.2) is 9.98 Å². The van der Waals surface area contributed by atoms with E-state index in [1.807, 2.05) is 0 Å². The molecular weight excluding hydrogens is 208 g/mol. The molecule has 0 unspecified atom stereocenters. The molecule has 0 spiro atoms. The predicted octanol–water partition coefficient (Wildman–Crippen LogP) is 4.32. The van der Waals surface area contributed by atoms with Gasteiger partial charge in [0.25, 0.3) is 0 Å². The Kier molecular flexibility index (Phi) is 5.25. The SMILES string of the molecule is CN=C=NC(C1CCCCC1)C1CCCCC1. The second-order valence-corrected chi connectivity index (χ2v) is 5.74. The zero-order chi connectivity index (χ0) is 11.9. The summed E-state index contributed by atoms with van der Waals surface area (Å²) in [6.45, 7) is 0. The summed E-state index contributed by atoms with van der Waals surface area (Å²) in [6, 6.07) is 3.42. The largest absolute Gasteiger partial charge is 0.229 e. The lowest BCUT2D eigenvalue weighted by atomic mass is 9.74. The minimum atomic E-state index is 0.527. The fraction of sp³-hybridized carbons (Fsp3) is 0.933. The maximum Gasteiger partial charge on any atom is 0.0892 e. The molecule has 0 amide bonds. The third-order valence-electron chi connectivity index (χ3n) is 4.57. The molecule has 0 aromatic carbocycles. The molecule has 0 atom stereocenters. The van der Waals surface area contributed by atoms with Gasteiger partial charge in [-0.1, -0.05) is 38.5 Å². The Labute approximate surface area is 106 Å². The number of nitrogens with zero attached hydrogens (tertiary/aromatic N) is 2. The quantitative estimate of drug-likeness (QED) is 0.650. The van der Waals surface area contributed by atoms with Gasteiger partial charge < -0.3 is 0 Å². The van der Waals surface area contributed by atoms with Crippen LogP contribution in [0, 0.1) is 11.8 Å². The van der Waals surface area contributed by atoms with Crippen LogP contribution in [0.1, 0.15) is 64.2 Å². The van der Waals surface area contributed by atoms with Crippen molar-refractivity contribution in [3.05, 3.63) is 0 Å². The first-order valence-electron chi connectivity index (χ1n) is 7.45. The third kappa shape index (κ3) is 3.67. The van der Waals surface area contributed by atoms with Crippen LogP contribution in [0.4, 0.5) is 0 Å². The van der Waals surface area contributed by atoms with Crippen LogP contribution in [0.5, 0.6) is 0 Å². The van der Waals surface area contributed by atoms with Gasteiger partial charge in [0, 0.05) is 7.05 Å². The van der Waals surface area contributed by atoms with E-state index >= 15 is 0 Å². The lowest BCUT2D eigenvalue weighted by molar-refractivity contribution is 0.207. The van der Waals surface area contributed by atoms with Gasteiger partial charge in [-0.05, 0) is 37.5 Å². The van der Waals surface area contributed by atoms with Gasteiger partial charge >= 0.3 is 0 Å². The van der Waals surface area contributed by atoms with E-state index in [4.69, 9.17) is 0 Å². The highest BCUT2D eigenvalue weighted by Crippen LogP contribution is 2.37. The Morgan fingerprint density at radius 1 is 0.824 bits per heavy atom. The summed E-state index contributed by atoms with van der Waals surface area (Å²) in [5, 5.41) is 0. The van der Waals surface area contributed by atoms with Crippen LogP contribution in [0.25, 0.3) is 0 Å². The lowest BCUT2D eigenvalue weighted by Gasteiger charge is -2.34. The van der Waals surface area contributed by atoms with Gasteiger partial charge in [-0.15, -0.1) is 0 Å². The van der Waals surface area contributed by atoms with Crippen LogP contribution >= 0.6 is 0 Å². The normalized spacial score (nSPS) is 23.4. The fourth-order valence-corrected chi connectivity index (χ4v) is 3.67. The molecule has 0 saturated heterocycles. The maximum atomic E-state index is 4.67. The zero-order valence-electron chi connectivity index (χ0n) is 11.2. The first kappa shape index (κ1) is 12.8. The van der Waals surface area contributed by atoms with E-state index in [0.29, 0.717) is 6.04 Å². The predicted molar refractivity (Wildman–Crippen MR) is 72.7 cm³/mol. The van der Waals surface area contributed by atoms with E-state index in [9.17, 15) is 0 Å². The number of rotatable bonds is 3. The van der Waals surface area contributed by atoms with Crippen molar-refractivity contribution in [3.63, 3.8) is 0 Å². The Morgan fingerprint density at radius 2 is 1.29 bits per heavy atom. The molecule has 96 valence electrons. The molecule has 0 aliphatic heterocycles. The highest BCUT2D eigenvalue weighted by molar-refractivity contribution is 5.41. The molecule has 0 N–H and O–H groups in total. The molecule has 0 aromatic rings. The van der Waals surface area contributed by atoms with Crippen molar-refractivity contribution in [2.45, 2.75) is 70.3 Å². The van der Waals surface area contributed by atoms with E-state index in [1.165, 1.54) is 64.2 Å². The first-order valence-corrected chi connectivity index (χ1v) is 7.45. The van der Waals surface area contributed by atoms with Gasteiger partial charge in [-0.2, -0.15) is 0 Å². The molecule has 0 radical (unpaired) electrons. The van der Waals surface area contributed by atoms with Crippen molar-refractivity contribution >= 4 is 6.01 Å². The van der Waals surface area contributed by atoms with Gasteiger partial charge in [0.1, 0.15) is 0 Å². The monoisotopic (exact) mass is 234 g/mol. The first-order chi connectivity index (χ1) is 8.42. The minimum absolute atomic E-state index is 0.527. The standard InChI is InChI=1S/C15H26N2/c1-16-12-17-15(13-8-4-2-5-9-13)14-10-6-3-7-11-14/h13-15H,2-11H2,1H3. The van der Waals surface area contributed by atoms with E-state index in [2.05, 4.69) is 16.0 Å². The highest BCUT2D eigenvalue weighted by atomic mass is 14.8. The fourth-order valence-electron chi connectivity index (χ4n) is 3.67. The molecule has 0 aromatic heterocycles. The highest BCUT2D eigenvalue weighted by Gasteiger charge is 2.30. The van der Waals surface area contributed by atoms with Crippen LogP contribution < -0.4 is 0 Å². The van der Waals surface area contributed by atoms with Crippen molar-refractivity contribution in [2.24, 2.45) is 21.8 Å². The second-order valence-electron chi connectivity index (χ2n) is 5.74. The van der Waals surface area contributed by atoms with Crippen LogP contribution in [0.2, 0.25) is 0 Å². The van der Waals surface area contributed by atoms with Crippen molar-refractivity contribution in [1.29, 1.82) is 0 Å². The molecule has 2 heteroatoms. The van der Waals surface area contributed by atoms with E-state index in [0.717, 1.165) is 11.8 Å². The lowest BCUT2D eigenvalue weighted by Crippen LogP contribution is -2.30. The summed E-state index contributed by atoms with van der Waals surface area (Å²) in [5.41, 5.74) is 0. The average Bonchev–Trinajstić information content (AvgIpc) is 2.42. The summed E-state index contributed by atoms with van der Waals surface area (Å²) in [7, 11) is 1.78. The van der Waals surface area contributed by atoms with Crippen LogP contribution in [0.3, 0.4) is 0 Å². The van der Waals surface area contributed by atoms with Gasteiger partial charge in [-0.25, -0.2) is 9.98 Å². The molecule has 2 rings (SSSR count). The van der Waals surface area contributed by atoms with E-state index in [1.54, 1.807) is 7.05 Å². The summed E-state index contributed by atoms with van der Waals surface area (Å²) in [5.74, 6) is 1.64. The van der Waals surface area contributed by atoms with Gasteiger partial charge in [0.2, 0.25) is 0 Å². The number of aliphatic imine (C=N–C) groups is 2. The van der Waals surface area contributed by atoms with E-state index in [-0.39, 0.29) is 0 Å². The van der Waals surface area contributed by atoms with Crippen molar-refractivity contribution < 1.29 is 0 Å². The Balaban J connectivity index is 2.02. The summed E-state index contributed by atoms with van der Waals surface area (Å²) < 4.78 is 0. The van der Waals surface area contributed by atoms with Gasteiger partial charge in [-0.3, -0.25) is 0 Å². The molecule has 2 nitrogen and oxygen atoms in total. The number of hydrogen-bond acceptors (Lipinski definition) is 2. The Bertz CT molecular complexity index is 249. The Morgan fingerprint density at radius 3 is 1.71 bits per heavy atom. The van der Waals surface area contributed by atoms with E-state index < -0.39 is 0 Å². The molecule has 2 saturated carbocycles.